The van der Waals surface area contributed by atoms with Crippen molar-refractivity contribution in [3.8, 4) is 0 Å². The van der Waals surface area contributed by atoms with Crippen LogP contribution in [0.4, 0.5) is 5.69 Å². The number of aromatic nitrogens is 2. The fourth-order valence-electron chi connectivity index (χ4n) is 2.48. The Kier molecular flexibility index (Phi) is 5.97. The zero-order valence-corrected chi connectivity index (χ0v) is 15.8. The van der Waals surface area contributed by atoms with E-state index in [-0.39, 0.29) is 17.2 Å². The van der Waals surface area contributed by atoms with Gasteiger partial charge in [-0.1, -0.05) is 6.92 Å². The van der Waals surface area contributed by atoms with Gasteiger partial charge in [-0.05, 0) is 44.5 Å². The summed E-state index contributed by atoms with van der Waals surface area (Å²) in [6, 6.07) is 6.13. The summed E-state index contributed by atoms with van der Waals surface area (Å²) < 4.78 is 28.3. The van der Waals surface area contributed by atoms with Crippen LogP contribution in [0.3, 0.4) is 0 Å². The quantitative estimate of drug-likeness (QED) is 0.785. The largest absolute Gasteiger partial charge is 0.326 e. The molecule has 0 aliphatic heterocycles. The first-order valence-corrected chi connectivity index (χ1v) is 9.61. The van der Waals surface area contributed by atoms with E-state index >= 15 is 0 Å². The third kappa shape index (κ3) is 4.67. The Hall–Kier alpha value is -2.19. The molecule has 1 aromatic heterocycles. The lowest BCUT2D eigenvalue weighted by atomic mass is 10.1. The molecule has 8 heteroatoms. The third-order valence-corrected chi connectivity index (χ3v) is 5.46. The van der Waals surface area contributed by atoms with Crippen molar-refractivity contribution in [2.45, 2.75) is 38.5 Å². The third-order valence-electron chi connectivity index (χ3n) is 3.99. The minimum atomic E-state index is -3.50. The van der Waals surface area contributed by atoms with Gasteiger partial charge in [0.15, 0.2) is 0 Å². The van der Waals surface area contributed by atoms with Crippen molar-refractivity contribution >= 4 is 21.6 Å². The highest BCUT2D eigenvalue weighted by atomic mass is 32.2. The second kappa shape index (κ2) is 7.79. The van der Waals surface area contributed by atoms with Gasteiger partial charge >= 0.3 is 0 Å². The molecule has 0 radical (unpaired) electrons. The summed E-state index contributed by atoms with van der Waals surface area (Å²) in [6.07, 6.45) is 0.949. The predicted octanol–water partition coefficient (Wildman–Crippen LogP) is 1.91. The minimum absolute atomic E-state index is 0.168. The Labute approximate surface area is 148 Å². The van der Waals surface area contributed by atoms with E-state index in [2.05, 4.69) is 15.1 Å². The molecule has 0 unspecified atom stereocenters. The molecule has 2 rings (SSSR count). The van der Waals surface area contributed by atoms with E-state index in [1.165, 1.54) is 12.1 Å². The summed E-state index contributed by atoms with van der Waals surface area (Å²) in [5, 5.41) is 7.08. The maximum atomic E-state index is 12.2. The molecule has 0 saturated carbocycles. The highest BCUT2D eigenvalue weighted by Gasteiger charge is 2.15. The highest BCUT2D eigenvalue weighted by molar-refractivity contribution is 7.89. The van der Waals surface area contributed by atoms with Gasteiger partial charge in [0.25, 0.3) is 0 Å². The van der Waals surface area contributed by atoms with Crippen LogP contribution in [0.25, 0.3) is 0 Å². The number of amides is 1. The highest BCUT2D eigenvalue weighted by Crippen LogP contribution is 2.16. The number of carbonyl (C=O) groups is 1. The lowest BCUT2D eigenvalue weighted by molar-refractivity contribution is -0.115. The monoisotopic (exact) mass is 364 g/mol. The summed E-state index contributed by atoms with van der Waals surface area (Å²) in [5.74, 6) is -0.168. The Bertz CT molecular complexity index is 855. The smallest absolute Gasteiger partial charge is 0.240 e. The zero-order chi connectivity index (χ0) is 18.6. The Morgan fingerprint density at radius 1 is 1.20 bits per heavy atom. The number of nitrogens with one attached hydrogen (secondary N) is 2. The number of benzene rings is 1. The number of aryl methyl sites for hydroxylation is 2. The van der Waals surface area contributed by atoms with Crippen molar-refractivity contribution in [1.29, 1.82) is 0 Å². The van der Waals surface area contributed by atoms with Gasteiger partial charge in [0.1, 0.15) is 0 Å². The number of hydrogen-bond donors (Lipinski definition) is 2. The van der Waals surface area contributed by atoms with Gasteiger partial charge in [0.05, 0.1) is 17.0 Å². The summed E-state index contributed by atoms with van der Waals surface area (Å²) in [5.41, 5.74) is 3.25. The maximum absolute atomic E-state index is 12.2. The molecule has 0 aliphatic rings. The lowest BCUT2D eigenvalue weighted by Crippen LogP contribution is -2.24. The normalized spacial score (nSPS) is 11.5. The zero-order valence-electron chi connectivity index (χ0n) is 15.0. The van der Waals surface area contributed by atoms with Crippen molar-refractivity contribution in [3.63, 3.8) is 0 Å². The van der Waals surface area contributed by atoms with Crippen LogP contribution >= 0.6 is 0 Å². The van der Waals surface area contributed by atoms with Crippen LogP contribution in [0, 0.1) is 13.8 Å². The number of carbonyl (C=O) groups excluding carboxylic acids is 1. The SMILES string of the molecule is CCCNS(=O)(=O)c1ccc(NC(=O)Cc2c(C)nn(C)c2C)cc1. The van der Waals surface area contributed by atoms with Crippen molar-refractivity contribution < 1.29 is 13.2 Å². The van der Waals surface area contributed by atoms with E-state index in [0.717, 1.165) is 23.4 Å². The van der Waals surface area contributed by atoms with Crippen LogP contribution in [0.1, 0.15) is 30.3 Å². The Morgan fingerprint density at radius 3 is 2.36 bits per heavy atom. The summed E-state index contributed by atoms with van der Waals surface area (Å²) in [7, 11) is -1.66. The molecule has 2 aromatic rings. The van der Waals surface area contributed by atoms with Crippen molar-refractivity contribution in [2.75, 3.05) is 11.9 Å². The number of anilines is 1. The summed E-state index contributed by atoms with van der Waals surface area (Å²) in [4.78, 5) is 12.4. The van der Waals surface area contributed by atoms with E-state index in [4.69, 9.17) is 0 Å². The molecule has 1 heterocycles. The first kappa shape index (κ1) is 19.1. The molecule has 0 spiro atoms. The second-order valence-electron chi connectivity index (χ2n) is 5.92. The number of sulfonamides is 1. The minimum Gasteiger partial charge on any atom is -0.326 e. The first-order valence-electron chi connectivity index (χ1n) is 8.13. The van der Waals surface area contributed by atoms with Gasteiger partial charge in [-0.3, -0.25) is 9.48 Å². The van der Waals surface area contributed by atoms with Crippen LogP contribution in [0.15, 0.2) is 29.2 Å². The van der Waals surface area contributed by atoms with E-state index in [1.54, 1.807) is 16.8 Å². The molecule has 7 nitrogen and oxygen atoms in total. The van der Waals surface area contributed by atoms with Gasteiger partial charge in [-0.25, -0.2) is 13.1 Å². The van der Waals surface area contributed by atoms with E-state index in [0.29, 0.717) is 12.2 Å². The van der Waals surface area contributed by atoms with Gasteiger partial charge in [-0.2, -0.15) is 5.10 Å². The van der Waals surface area contributed by atoms with Gasteiger partial charge in [0, 0.05) is 30.5 Å². The van der Waals surface area contributed by atoms with Crippen LogP contribution in [0.5, 0.6) is 0 Å². The number of rotatable bonds is 7. The van der Waals surface area contributed by atoms with Crippen molar-refractivity contribution in [2.24, 2.45) is 7.05 Å². The Balaban J connectivity index is 2.04. The van der Waals surface area contributed by atoms with Gasteiger partial charge < -0.3 is 5.32 Å². The molecule has 0 saturated heterocycles. The molecule has 0 aliphatic carbocycles. The molecule has 25 heavy (non-hydrogen) atoms. The van der Waals surface area contributed by atoms with Crippen LogP contribution in [0.2, 0.25) is 0 Å². The second-order valence-corrected chi connectivity index (χ2v) is 7.69. The molecular weight excluding hydrogens is 340 g/mol. The van der Waals surface area contributed by atoms with E-state index in [9.17, 15) is 13.2 Å². The van der Waals surface area contributed by atoms with E-state index < -0.39 is 10.0 Å². The lowest BCUT2D eigenvalue weighted by Gasteiger charge is -2.08. The molecule has 0 bridgehead atoms. The van der Waals surface area contributed by atoms with Crippen molar-refractivity contribution in [1.82, 2.24) is 14.5 Å². The summed E-state index contributed by atoms with van der Waals surface area (Å²) in [6.45, 7) is 6.08. The fourth-order valence-corrected chi connectivity index (χ4v) is 3.61. The van der Waals surface area contributed by atoms with Crippen LogP contribution in [-0.2, 0) is 28.3 Å². The molecule has 0 fully saturated rings. The average Bonchev–Trinajstić information content (AvgIpc) is 2.80. The first-order chi connectivity index (χ1) is 11.7. The van der Waals surface area contributed by atoms with Crippen molar-refractivity contribution in [3.05, 3.63) is 41.2 Å². The summed E-state index contributed by atoms with van der Waals surface area (Å²) >= 11 is 0. The number of hydrogen-bond acceptors (Lipinski definition) is 4. The predicted molar refractivity (Wildman–Crippen MR) is 96.9 cm³/mol. The standard InChI is InChI=1S/C17H24N4O3S/c1-5-10-18-25(23,24)15-8-6-14(7-9-15)19-17(22)11-16-12(2)20-21(4)13(16)3/h6-9,18H,5,10-11H2,1-4H3,(H,19,22). The van der Waals surface area contributed by atoms with Crippen LogP contribution in [-0.4, -0.2) is 30.7 Å². The Morgan fingerprint density at radius 2 is 1.84 bits per heavy atom. The topological polar surface area (TPSA) is 93.1 Å². The number of nitrogens with zero attached hydrogens (tertiary/aromatic N) is 2. The maximum Gasteiger partial charge on any atom is 0.240 e. The molecule has 1 aromatic carbocycles. The van der Waals surface area contributed by atoms with E-state index in [1.807, 2.05) is 27.8 Å². The molecule has 1 amide bonds. The van der Waals surface area contributed by atoms with Crippen LogP contribution < -0.4 is 10.0 Å². The molecular formula is C17H24N4O3S. The molecule has 0 atom stereocenters. The van der Waals surface area contributed by atoms with Gasteiger partial charge in [-0.15, -0.1) is 0 Å². The fraction of sp³-hybridized carbons (Fsp3) is 0.412. The molecule has 2 N–H and O–H groups in total. The average molecular weight is 364 g/mol. The molecule has 136 valence electrons. The van der Waals surface area contributed by atoms with Gasteiger partial charge in [0.2, 0.25) is 15.9 Å².